The molecule has 3 aromatic heterocycles. The average Bonchev–Trinajstić information content (AvgIpc) is 2.99. The maximum atomic E-state index is 11.4. The van der Waals surface area contributed by atoms with Gasteiger partial charge < -0.3 is 16.9 Å². The zero-order valence-electron chi connectivity index (χ0n) is 23.4. The van der Waals surface area contributed by atoms with Gasteiger partial charge in [-0.25, -0.2) is 24.7 Å². The van der Waals surface area contributed by atoms with Crippen LogP contribution in [0.5, 0.6) is 0 Å². The summed E-state index contributed by atoms with van der Waals surface area (Å²) in [4.78, 5) is 72.4. The molecular weight excluding hydrogens is 928 g/mol. The second-order valence-corrected chi connectivity index (χ2v) is 12.4. The summed E-state index contributed by atoms with van der Waals surface area (Å²) in [5, 5.41) is 32.8. The van der Waals surface area contributed by atoms with Gasteiger partial charge in [-0.1, -0.05) is 19.0 Å². The van der Waals surface area contributed by atoms with Gasteiger partial charge in [0, 0.05) is 46.3 Å². The Kier molecular flexibility index (Phi) is 14.2. The van der Waals surface area contributed by atoms with Crippen molar-refractivity contribution in [2.24, 2.45) is 0 Å². The quantitative estimate of drug-likeness (QED) is 0.0569. The summed E-state index contributed by atoms with van der Waals surface area (Å²) in [6.07, 6.45) is 0. The third-order valence-corrected chi connectivity index (χ3v) is 8.28. The fraction of sp³-hybridized carbons (Fsp3) is 0.0400. The molecule has 25 heteroatoms. The summed E-state index contributed by atoms with van der Waals surface area (Å²) in [7, 11) is 0. The molecule has 0 unspecified atom stereocenters. The Morgan fingerprint density at radius 1 is 0.640 bits per heavy atom. The number of H-pyrrole nitrogens is 2. The van der Waals surface area contributed by atoms with Crippen LogP contribution in [0.25, 0.3) is 32.7 Å². The molecule has 0 aliphatic carbocycles. The number of nitro benzene ring substituents is 3. The van der Waals surface area contributed by atoms with E-state index in [9.17, 15) is 39.9 Å². The Hall–Kier alpha value is -4.45. The van der Waals surface area contributed by atoms with Gasteiger partial charge in [0.25, 0.3) is 22.6 Å². The van der Waals surface area contributed by atoms with Crippen LogP contribution in [0.3, 0.4) is 0 Å². The number of hydrogen-bond donors (Lipinski definition) is 4. The van der Waals surface area contributed by atoms with Crippen molar-refractivity contribution in [1.29, 1.82) is 0 Å². The van der Waals surface area contributed by atoms with E-state index in [4.69, 9.17) is 40.5 Å². The van der Waals surface area contributed by atoms with Crippen molar-refractivity contribution in [3.8, 4) is 0 Å². The zero-order chi connectivity index (χ0) is 35.6. The first-order valence-corrected chi connectivity index (χ1v) is 15.6. The van der Waals surface area contributed by atoms with E-state index in [-0.39, 0.29) is 63.1 Å². The minimum atomic E-state index is -0.664. The van der Waals surface area contributed by atoms with E-state index in [2.05, 4.69) is 72.7 Å². The van der Waals surface area contributed by atoms with Crippen LogP contribution in [-0.4, -0.2) is 44.7 Å². The molecule has 50 heavy (non-hydrogen) atoms. The molecule has 19 nitrogen and oxygen atoms in total. The van der Waals surface area contributed by atoms with Gasteiger partial charge in [-0.2, -0.15) is 0 Å². The van der Waals surface area contributed by atoms with Crippen LogP contribution in [-0.2, 0) is 0 Å². The first kappa shape index (κ1) is 41.7. The maximum absolute atomic E-state index is 11.4. The lowest BCUT2D eigenvalue weighted by Gasteiger charge is -2.03. The number of halogens is 6. The Morgan fingerprint density at radius 3 is 1.56 bits per heavy atom. The molecule has 6 aromatic rings. The largest absolute Gasteiger partial charge is 0.383 e. The number of benzene rings is 3. The van der Waals surface area contributed by atoms with E-state index < -0.39 is 26.0 Å². The summed E-state index contributed by atoms with van der Waals surface area (Å²) in [6, 6.07) is 7.62. The van der Waals surface area contributed by atoms with E-state index in [1.165, 1.54) is 30.3 Å². The average molecular weight is 946 g/mol. The number of anilines is 1. The lowest BCUT2D eigenvalue weighted by Crippen LogP contribution is -2.22. The molecule has 0 aliphatic rings. The predicted octanol–water partition coefficient (Wildman–Crippen LogP) is 7.83. The Labute approximate surface area is 317 Å². The Bertz CT molecular complexity index is 2340. The van der Waals surface area contributed by atoms with Gasteiger partial charge in [-0.3, -0.25) is 40.1 Å². The van der Waals surface area contributed by atoms with Crippen LogP contribution in [0, 0.1) is 30.3 Å². The minimum absolute atomic E-state index is 0. The van der Waals surface area contributed by atoms with Crippen molar-refractivity contribution >= 4 is 138 Å². The SMILES string of the molecule is C.N.Nc1nc(Cl)nc2c(Br)cc([N+](=O)[O-])cc12.O=[N+]([O-])c1cc(Br)c2nc(Cl)nc(Cl)c2c1.O=c1[nH]c(=O)c2cc([N+](=O)[O-])cc(Br)c2[nH]1. The number of fused-ring (bicyclic) bond motifs is 3. The molecule has 0 bridgehead atoms. The van der Waals surface area contributed by atoms with E-state index in [1.807, 2.05) is 4.98 Å². The van der Waals surface area contributed by atoms with Crippen molar-refractivity contribution in [2.45, 2.75) is 7.43 Å². The van der Waals surface area contributed by atoms with Crippen molar-refractivity contribution < 1.29 is 14.8 Å². The fourth-order valence-corrected chi connectivity index (χ4v) is 6.05. The molecule has 0 fully saturated rings. The number of nitrogens with two attached hydrogens (primary N) is 1. The molecule has 0 atom stereocenters. The highest BCUT2D eigenvalue weighted by Gasteiger charge is 2.16. The Morgan fingerprint density at radius 2 is 1.06 bits per heavy atom. The van der Waals surface area contributed by atoms with E-state index in [0.29, 0.717) is 35.2 Å². The van der Waals surface area contributed by atoms with Crippen LogP contribution >= 0.6 is 82.6 Å². The minimum Gasteiger partial charge on any atom is -0.383 e. The van der Waals surface area contributed by atoms with Gasteiger partial charge in [0.15, 0.2) is 0 Å². The number of aromatic nitrogens is 6. The van der Waals surface area contributed by atoms with Gasteiger partial charge in [0.2, 0.25) is 10.6 Å². The molecule has 3 aromatic carbocycles. The van der Waals surface area contributed by atoms with Crippen molar-refractivity contribution in [3.63, 3.8) is 0 Å². The zero-order valence-corrected chi connectivity index (χ0v) is 30.4. The van der Waals surface area contributed by atoms with Crippen molar-refractivity contribution in [3.05, 3.63) is 117 Å². The number of nitrogens with zero attached hydrogens (tertiary/aromatic N) is 7. The summed E-state index contributed by atoms with van der Waals surface area (Å²) in [5.41, 5.74) is 5.01. The molecule has 3 heterocycles. The number of hydrogen-bond acceptors (Lipinski definition) is 14. The highest BCUT2D eigenvalue weighted by molar-refractivity contribution is 9.11. The van der Waals surface area contributed by atoms with E-state index in [0.717, 1.165) is 6.07 Å². The van der Waals surface area contributed by atoms with Gasteiger partial charge in [-0.05, 0) is 71.0 Å². The molecule has 7 N–H and O–H groups in total. The smallest absolute Gasteiger partial charge is 0.326 e. The molecular formula is C25H17Br3Cl3N11O8. The molecule has 0 saturated carbocycles. The van der Waals surface area contributed by atoms with Crippen molar-refractivity contribution in [1.82, 2.24) is 36.1 Å². The van der Waals surface area contributed by atoms with Crippen LogP contribution in [0.15, 0.2) is 59.4 Å². The third-order valence-electron chi connectivity index (χ3n) is 5.82. The van der Waals surface area contributed by atoms with Crippen LogP contribution in [0.2, 0.25) is 15.7 Å². The topological polar surface area (TPSA) is 308 Å². The molecule has 0 spiro atoms. The summed E-state index contributed by atoms with van der Waals surface area (Å²) in [5.74, 6) is 0.111. The monoisotopic (exact) mass is 941 g/mol. The summed E-state index contributed by atoms with van der Waals surface area (Å²) >= 11 is 26.5. The number of aromatic amines is 2. The molecule has 0 saturated heterocycles. The summed E-state index contributed by atoms with van der Waals surface area (Å²) < 4.78 is 1.19. The molecule has 0 amide bonds. The highest BCUT2D eigenvalue weighted by Crippen LogP contribution is 2.33. The van der Waals surface area contributed by atoms with E-state index in [1.54, 1.807) is 0 Å². The first-order chi connectivity index (χ1) is 22.5. The van der Waals surface area contributed by atoms with Gasteiger partial charge >= 0.3 is 5.69 Å². The Balaban J connectivity index is 0.000000255. The normalized spacial score (nSPS) is 10.2. The number of nitrogen functional groups attached to an aromatic ring is 1. The van der Waals surface area contributed by atoms with Crippen LogP contribution < -0.4 is 23.1 Å². The number of rotatable bonds is 3. The number of nitrogens with one attached hydrogen (secondary N) is 2. The fourth-order valence-electron chi connectivity index (χ4n) is 3.81. The van der Waals surface area contributed by atoms with Gasteiger partial charge in [-0.15, -0.1) is 0 Å². The molecule has 0 aliphatic heterocycles. The van der Waals surface area contributed by atoms with Crippen LogP contribution in [0.4, 0.5) is 22.9 Å². The van der Waals surface area contributed by atoms with E-state index >= 15 is 0 Å². The van der Waals surface area contributed by atoms with Crippen LogP contribution in [0.1, 0.15) is 7.43 Å². The lowest BCUT2D eigenvalue weighted by molar-refractivity contribution is -0.384. The van der Waals surface area contributed by atoms with Crippen molar-refractivity contribution in [2.75, 3.05) is 5.73 Å². The second kappa shape index (κ2) is 17.0. The molecule has 262 valence electrons. The lowest BCUT2D eigenvalue weighted by atomic mass is 10.2. The highest BCUT2D eigenvalue weighted by atomic mass is 79.9. The first-order valence-electron chi connectivity index (χ1n) is 12.1. The van der Waals surface area contributed by atoms with Gasteiger partial charge in [0.05, 0.1) is 51.0 Å². The second-order valence-electron chi connectivity index (χ2n) is 8.84. The number of nitro groups is 3. The maximum Gasteiger partial charge on any atom is 0.326 e. The summed E-state index contributed by atoms with van der Waals surface area (Å²) in [6.45, 7) is 0. The number of non-ortho nitro benzene ring substituents is 3. The molecule has 6 rings (SSSR count). The standard InChI is InChI=1S/C8H2BrCl2N3O2.C8H4BrClN4O2.C8H4BrN3O4.CH4.H3N/c9-5-2-3(14(15)16)1-4-6(5)12-8(11)13-7(4)10;9-5-2-3(14(15)16)1-4-6(5)12-8(10)13-7(4)11;9-5-2-3(12(15)16)1-4-6(5)10-8(14)11-7(4)13;;/h1-2H;1-2H,(H2,11,12,13);1-2H,(H2,10,11,13,14);1H4;1H3. The predicted molar refractivity (Wildman–Crippen MR) is 199 cm³/mol. The molecule has 0 radical (unpaired) electrons. The van der Waals surface area contributed by atoms with Gasteiger partial charge in [0.1, 0.15) is 11.0 Å². The third kappa shape index (κ3) is 9.41.